The largest absolute Gasteiger partial charge is 0.472 e. The average molecular weight is 1350 g/mol. The number of nitrogens with zero attached hydrogens (tertiary/aromatic N) is 1. The fourth-order valence-electron chi connectivity index (χ4n) is 12.8. The zero-order valence-corrected chi connectivity index (χ0v) is 65.1. The van der Waals surface area contributed by atoms with Crippen LogP contribution in [0.2, 0.25) is 0 Å². The Kier molecular flexibility index (Phi) is 74.5. The van der Waals surface area contributed by atoms with Crippen LogP contribution in [0.15, 0.2) is 72.9 Å². The summed E-state index contributed by atoms with van der Waals surface area (Å²) in [6.07, 6.45) is 108. The van der Waals surface area contributed by atoms with E-state index >= 15 is 0 Å². The lowest BCUT2D eigenvalue weighted by molar-refractivity contribution is -0.870. The summed E-state index contributed by atoms with van der Waals surface area (Å²) in [6.45, 7) is 4.76. The molecule has 0 aromatic rings. The fraction of sp³-hybridized carbons (Fsp3) is 0.849. The van der Waals surface area contributed by atoms with Crippen molar-refractivity contribution in [3.8, 4) is 0 Å². The standard InChI is InChI=1S/C86H163N2O6P/c1-6-8-10-12-14-16-18-20-22-24-26-28-30-32-34-36-38-40-41-42-43-44-45-46-47-48-50-52-54-56-58-60-62-64-66-68-70-72-74-76-78-80-86(90)87-84(83-94-95(91,92)93-82-81-88(3,4)5)85(89)79-77-75-73-71-69-67-65-63-61-59-57-55-53-51-49-39-37-35-33-31-29-27-25-23-21-19-17-15-13-11-9-7-2/h8,10,14,16,20,22,26,28,32,34,77,79,84-85,89H,6-7,9,11-13,15,17-19,21,23-25,27,29-31,33,35-76,78,80-83H2,1-5H3,(H-,87,90,91,92)/p+1/b10-8-,16-14-,22-20-,28-26-,34-32-,79-77+. The predicted molar refractivity (Wildman–Crippen MR) is 420 cm³/mol. The molecular formula is C86H164N2O6P+. The van der Waals surface area contributed by atoms with Gasteiger partial charge in [-0.25, -0.2) is 4.57 Å². The Hall–Kier alpha value is -2.06. The second-order valence-electron chi connectivity index (χ2n) is 29.8. The number of amides is 1. The lowest BCUT2D eigenvalue weighted by Gasteiger charge is -2.25. The zero-order valence-electron chi connectivity index (χ0n) is 64.2. The molecule has 0 aromatic carbocycles. The van der Waals surface area contributed by atoms with Gasteiger partial charge in [-0.15, -0.1) is 0 Å². The number of aliphatic hydroxyl groups is 1. The maximum atomic E-state index is 13.1. The quantitative estimate of drug-likeness (QED) is 0.0243. The molecule has 0 aliphatic carbocycles. The molecule has 9 heteroatoms. The minimum absolute atomic E-state index is 0.0629. The van der Waals surface area contributed by atoms with Crippen molar-refractivity contribution in [3.63, 3.8) is 0 Å². The number of allylic oxidation sites excluding steroid dienone is 11. The van der Waals surface area contributed by atoms with Crippen LogP contribution >= 0.6 is 7.82 Å². The van der Waals surface area contributed by atoms with E-state index in [-0.39, 0.29) is 19.1 Å². The van der Waals surface area contributed by atoms with Gasteiger partial charge in [0.2, 0.25) is 5.91 Å². The van der Waals surface area contributed by atoms with E-state index in [1.54, 1.807) is 6.08 Å². The summed E-state index contributed by atoms with van der Waals surface area (Å²) in [5.74, 6) is -0.168. The summed E-state index contributed by atoms with van der Waals surface area (Å²) >= 11 is 0. The van der Waals surface area contributed by atoms with E-state index in [0.29, 0.717) is 17.4 Å². The number of phosphoric ester groups is 1. The third-order valence-electron chi connectivity index (χ3n) is 19.2. The number of hydrogen-bond donors (Lipinski definition) is 3. The molecule has 3 atom stereocenters. The minimum atomic E-state index is -4.36. The van der Waals surface area contributed by atoms with E-state index in [4.69, 9.17) is 9.05 Å². The van der Waals surface area contributed by atoms with Crippen molar-refractivity contribution in [1.29, 1.82) is 0 Å². The molecule has 0 bridgehead atoms. The average Bonchev–Trinajstić information content (AvgIpc) is 2.01. The molecule has 1 amide bonds. The monoisotopic (exact) mass is 1350 g/mol. The molecule has 0 fully saturated rings. The summed E-state index contributed by atoms with van der Waals surface area (Å²) in [7, 11) is 1.59. The second-order valence-corrected chi connectivity index (χ2v) is 31.3. The second kappa shape index (κ2) is 76.1. The van der Waals surface area contributed by atoms with Crippen LogP contribution in [0.25, 0.3) is 0 Å². The Morgan fingerprint density at radius 2 is 0.632 bits per heavy atom. The first-order valence-electron chi connectivity index (χ1n) is 41.8. The van der Waals surface area contributed by atoms with Crippen LogP contribution in [0.5, 0.6) is 0 Å². The van der Waals surface area contributed by atoms with E-state index in [2.05, 4.69) is 79.9 Å². The number of rotatable bonds is 78. The Morgan fingerprint density at radius 1 is 0.368 bits per heavy atom. The normalized spacial score (nSPS) is 13.8. The number of phosphoric acid groups is 1. The maximum Gasteiger partial charge on any atom is 0.472 e. The summed E-state index contributed by atoms with van der Waals surface area (Å²) in [5.41, 5.74) is 0. The molecule has 0 radical (unpaired) electrons. The molecule has 0 heterocycles. The molecule has 0 saturated heterocycles. The van der Waals surface area contributed by atoms with Crippen molar-refractivity contribution in [2.45, 2.75) is 431 Å². The van der Waals surface area contributed by atoms with Crippen molar-refractivity contribution < 1.29 is 32.9 Å². The predicted octanol–water partition coefficient (Wildman–Crippen LogP) is 27.6. The van der Waals surface area contributed by atoms with Crippen LogP contribution in [0.3, 0.4) is 0 Å². The van der Waals surface area contributed by atoms with Crippen LogP contribution in [-0.2, 0) is 18.4 Å². The van der Waals surface area contributed by atoms with Gasteiger partial charge in [0.25, 0.3) is 0 Å². The number of carbonyl (C=O) groups excluding carboxylic acids is 1. The Bertz CT molecular complexity index is 1790. The van der Waals surface area contributed by atoms with Gasteiger partial charge in [0.1, 0.15) is 13.2 Å². The van der Waals surface area contributed by atoms with E-state index in [1.165, 1.54) is 334 Å². The van der Waals surface area contributed by atoms with Gasteiger partial charge in [0.15, 0.2) is 0 Å². The maximum absolute atomic E-state index is 13.1. The number of quaternary nitrogens is 1. The first-order valence-corrected chi connectivity index (χ1v) is 43.3. The Labute approximate surface area is 593 Å². The van der Waals surface area contributed by atoms with E-state index in [1.807, 2.05) is 27.2 Å². The smallest absolute Gasteiger partial charge is 0.387 e. The third kappa shape index (κ3) is 79.1. The van der Waals surface area contributed by atoms with Gasteiger partial charge in [-0.1, -0.05) is 421 Å². The first-order chi connectivity index (χ1) is 46.5. The van der Waals surface area contributed by atoms with E-state index in [9.17, 15) is 19.4 Å². The van der Waals surface area contributed by atoms with Gasteiger partial charge in [-0.3, -0.25) is 13.8 Å². The molecule has 95 heavy (non-hydrogen) atoms. The van der Waals surface area contributed by atoms with Gasteiger partial charge in [-0.05, 0) is 64.2 Å². The number of aliphatic hydroxyl groups excluding tert-OH is 1. The molecule has 0 aromatic heterocycles. The van der Waals surface area contributed by atoms with Crippen LogP contribution in [0.1, 0.15) is 418 Å². The Morgan fingerprint density at radius 3 is 0.926 bits per heavy atom. The van der Waals surface area contributed by atoms with Crippen molar-refractivity contribution in [1.82, 2.24) is 5.32 Å². The van der Waals surface area contributed by atoms with E-state index in [0.717, 1.165) is 64.2 Å². The highest BCUT2D eigenvalue weighted by Crippen LogP contribution is 2.43. The van der Waals surface area contributed by atoms with Crippen LogP contribution in [-0.4, -0.2) is 73.4 Å². The van der Waals surface area contributed by atoms with Gasteiger partial charge in [0, 0.05) is 6.42 Å². The number of likely N-dealkylation sites (N-methyl/N-ethyl adjacent to an activating group) is 1. The van der Waals surface area contributed by atoms with Crippen LogP contribution in [0, 0.1) is 0 Å². The first kappa shape index (κ1) is 92.9. The number of unbranched alkanes of at least 4 members (excludes halogenated alkanes) is 55. The van der Waals surface area contributed by atoms with Crippen LogP contribution in [0.4, 0.5) is 0 Å². The molecule has 8 nitrogen and oxygen atoms in total. The van der Waals surface area contributed by atoms with Crippen molar-refractivity contribution in [3.05, 3.63) is 72.9 Å². The fourth-order valence-corrected chi connectivity index (χ4v) is 13.5. The topological polar surface area (TPSA) is 105 Å². The van der Waals surface area contributed by atoms with Gasteiger partial charge < -0.3 is 19.8 Å². The number of carbonyl (C=O) groups is 1. The lowest BCUT2D eigenvalue weighted by atomic mass is 10.0. The van der Waals surface area contributed by atoms with Gasteiger partial charge in [-0.2, -0.15) is 0 Å². The number of nitrogens with one attached hydrogen (secondary N) is 1. The molecule has 3 unspecified atom stereocenters. The van der Waals surface area contributed by atoms with Crippen molar-refractivity contribution in [2.24, 2.45) is 0 Å². The van der Waals surface area contributed by atoms with E-state index < -0.39 is 20.0 Å². The molecule has 0 aliphatic rings. The number of hydrogen-bond acceptors (Lipinski definition) is 5. The van der Waals surface area contributed by atoms with Crippen LogP contribution < -0.4 is 5.32 Å². The highest BCUT2D eigenvalue weighted by Gasteiger charge is 2.28. The van der Waals surface area contributed by atoms with Gasteiger partial charge >= 0.3 is 7.82 Å². The minimum Gasteiger partial charge on any atom is -0.387 e. The molecular weight excluding hydrogens is 1190 g/mol. The molecule has 0 rings (SSSR count). The Balaban J connectivity index is 3.91. The molecule has 0 saturated carbocycles. The highest BCUT2D eigenvalue weighted by atomic mass is 31.2. The van der Waals surface area contributed by atoms with Crippen molar-refractivity contribution >= 4 is 13.7 Å². The highest BCUT2D eigenvalue weighted by molar-refractivity contribution is 7.47. The molecule has 3 N–H and O–H groups in total. The van der Waals surface area contributed by atoms with Crippen molar-refractivity contribution in [2.75, 3.05) is 40.9 Å². The third-order valence-corrected chi connectivity index (χ3v) is 20.2. The zero-order chi connectivity index (χ0) is 69.0. The molecule has 0 spiro atoms. The molecule has 0 aliphatic heterocycles. The SMILES string of the molecule is CC/C=C\C/C=C\C/C=C\C/C=C\C/C=C\CCCCCCCCCCCCCCCCCCCCCCCCCCCC(=O)NC(COP(=O)(O)OCC[N+](C)(C)C)C(O)/C=C/CCCCCCCCCCCCCCCCCCCCCCCCCCCCCCCC. The van der Waals surface area contributed by atoms with Gasteiger partial charge in [0.05, 0.1) is 39.9 Å². The summed E-state index contributed by atoms with van der Waals surface area (Å²) in [6, 6.07) is -0.849. The summed E-state index contributed by atoms with van der Waals surface area (Å²) < 4.78 is 23.9. The summed E-state index contributed by atoms with van der Waals surface area (Å²) in [4.78, 5) is 23.5. The lowest BCUT2D eigenvalue weighted by Crippen LogP contribution is -2.45. The summed E-state index contributed by atoms with van der Waals surface area (Å²) in [5, 5.41) is 14.1. The molecule has 558 valence electrons.